The molecule has 1 heterocycles. The van der Waals surface area contributed by atoms with Crippen LogP contribution in [0.15, 0.2) is 54.1 Å². The number of carbonyl (C=O) groups is 1. The molecule has 104 valence electrons. The number of benzene rings is 2. The lowest BCUT2D eigenvalue weighted by Gasteiger charge is -2.23. The Hall–Kier alpha value is -2.35. The molecule has 2 aromatic rings. The van der Waals surface area contributed by atoms with Crippen LogP contribution in [0.1, 0.15) is 41.1 Å². The Bertz CT molecular complexity index is 755. The monoisotopic (exact) mass is 275 g/mol. The summed E-state index contributed by atoms with van der Waals surface area (Å²) in [6, 6.07) is 17.2. The van der Waals surface area contributed by atoms with Gasteiger partial charge in [-0.25, -0.2) is 0 Å². The van der Waals surface area contributed by atoms with E-state index in [9.17, 15) is 4.79 Å². The summed E-state index contributed by atoms with van der Waals surface area (Å²) in [5.41, 5.74) is 7.70. The highest BCUT2D eigenvalue weighted by Crippen LogP contribution is 2.46. The maximum atomic E-state index is 11.8. The summed E-state index contributed by atoms with van der Waals surface area (Å²) in [6.45, 7) is 2.10. The Morgan fingerprint density at radius 1 is 1.00 bits per heavy atom. The lowest BCUT2D eigenvalue weighted by molar-refractivity contribution is -0.122. The number of aryl methyl sites for hydroxylation is 1. The highest BCUT2D eigenvalue weighted by atomic mass is 16.1. The van der Waals surface area contributed by atoms with E-state index in [0.29, 0.717) is 6.42 Å². The third-order valence-corrected chi connectivity index (χ3v) is 4.48. The molecule has 0 spiro atoms. The van der Waals surface area contributed by atoms with E-state index in [1.807, 2.05) is 0 Å². The molecule has 1 saturated heterocycles. The van der Waals surface area contributed by atoms with E-state index in [4.69, 9.17) is 0 Å². The summed E-state index contributed by atoms with van der Waals surface area (Å²) in [5, 5.41) is 3.15. The second-order valence-electron chi connectivity index (χ2n) is 5.85. The van der Waals surface area contributed by atoms with Crippen LogP contribution in [0, 0.1) is 6.92 Å². The average Bonchev–Trinajstić information content (AvgIpc) is 2.82. The van der Waals surface area contributed by atoms with Gasteiger partial charge in [-0.15, -0.1) is 0 Å². The molecule has 1 unspecified atom stereocenters. The molecular weight excluding hydrogens is 258 g/mol. The number of rotatable bonds is 1. The van der Waals surface area contributed by atoms with E-state index in [1.165, 1.54) is 33.4 Å². The molecule has 4 rings (SSSR count). The van der Waals surface area contributed by atoms with Gasteiger partial charge in [0.1, 0.15) is 0 Å². The van der Waals surface area contributed by atoms with Crippen molar-refractivity contribution in [2.45, 2.75) is 25.8 Å². The molecular formula is C19H17NO. The zero-order chi connectivity index (χ0) is 14.4. The Labute approximate surface area is 124 Å². The molecule has 1 aliphatic carbocycles. The van der Waals surface area contributed by atoms with Crippen LogP contribution in [0.4, 0.5) is 0 Å². The lowest BCUT2D eigenvalue weighted by Crippen LogP contribution is -2.32. The number of nitrogens with one attached hydrogen (secondary N) is 1. The molecule has 0 saturated carbocycles. The summed E-state index contributed by atoms with van der Waals surface area (Å²) in [7, 11) is 0. The number of carbonyl (C=O) groups excluding carboxylic acids is 1. The topological polar surface area (TPSA) is 29.1 Å². The van der Waals surface area contributed by atoms with Gasteiger partial charge in [0, 0.05) is 6.42 Å². The zero-order valence-electron chi connectivity index (χ0n) is 12.0. The number of hydrogen-bond acceptors (Lipinski definition) is 1. The van der Waals surface area contributed by atoms with Crippen molar-refractivity contribution in [2.75, 3.05) is 0 Å². The van der Waals surface area contributed by atoms with Crippen LogP contribution < -0.4 is 5.32 Å². The fourth-order valence-electron chi connectivity index (χ4n) is 3.46. The molecule has 2 heteroatoms. The SMILES string of the molecule is Cc1ccc(C2=C3CCC(=O)NC3c3ccccc32)cc1. The van der Waals surface area contributed by atoms with Gasteiger partial charge in [-0.2, -0.15) is 0 Å². The fourth-order valence-corrected chi connectivity index (χ4v) is 3.46. The summed E-state index contributed by atoms with van der Waals surface area (Å²) in [5.74, 6) is 0.156. The summed E-state index contributed by atoms with van der Waals surface area (Å²) in [4.78, 5) is 11.8. The normalized spacial score (nSPS) is 20.0. The third-order valence-electron chi connectivity index (χ3n) is 4.48. The van der Waals surface area contributed by atoms with E-state index in [1.54, 1.807) is 0 Å². The second kappa shape index (κ2) is 4.59. The molecule has 0 aromatic heterocycles. The first-order valence-electron chi connectivity index (χ1n) is 7.43. The molecule has 2 aliphatic rings. The molecule has 0 radical (unpaired) electrons. The van der Waals surface area contributed by atoms with E-state index < -0.39 is 0 Å². The van der Waals surface area contributed by atoms with Crippen LogP contribution >= 0.6 is 0 Å². The molecule has 0 bridgehead atoms. The van der Waals surface area contributed by atoms with E-state index in [-0.39, 0.29) is 11.9 Å². The molecule has 1 atom stereocenters. The predicted octanol–water partition coefficient (Wildman–Crippen LogP) is 3.76. The summed E-state index contributed by atoms with van der Waals surface area (Å²) >= 11 is 0. The Kier molecular flexibility index (Phi) is 2.71. The van der Waals surface area contributed by atoms with Crippen LogP contribution in [0.2, 0.25) is 0 Å². The van der Waals surface area contributed by atoms with Crippen LogP contribution in [0.25, 0.3) is 5.57 Å². The smallest absolute Gasteiger partial charge is 0.221 e. The van der Waals surface area contributed by atoms with Crippen molar-refractivity contribution in [3.05, 3.63) is 76.4 Å². The van der Waals surface area contributed by atoms with Gasteiger partial charge in [0.15, 0.2) is 0 Å². The van der Waals surface area contributed by atoms with Crippen molar-refractivity contribution >= 4 is 11.5 Å². The quantitative estimate of drug-likeness (QED) is 0.843. The van der Waals surface area contributed by atoms with Crippen molar-refractivity contribution in [1.82, 2.24) is 5.32 Å². The molecule has 21 heavy (non-hydrogen) atoms. The number of piperidine rings is 1. The average molecular weight is 275 g/mol. The fraction of sp³-hybridized carbons (Fsp3) is 0.211. The van der Waals surface area contributed by atoms with Gasteiger partial charge >= 0.3 is 0 Å². The molecule has 1 N–H and O–H groups in total. The second-order valence-corrected chi connectivity index (χ2v) is 5.85. The van der Waals surface area contributed by atoms with Crippen molar-refractivity contribution in [2.24, 2.45) is 0 Å². The molecule has 2 nitrogen and oxygen atoms in total. The highest BCUT2D eigenvalue weighted by molar-refractivity contribution is 5.92. The lowest BCUT2D eigenvalue weighted by atomic mass is 9.93. The number of hydrogen-bond donors (Lipinski definition) is 1. The Morgan fingerprint density at radius 3 is 2.57 bits per heavy atom. The maximum absolute atomic E-state index is 11.8. The standard InChI is InChI=1S/C19H17NO/c1-12-6-8-13(9-7-12)18-14-4-2-3-5-15(14)19-16(18)10-11-17(21)20-19/h2-9,19H,10-11H2,1H3,(H,20,21). The van der Waals surface area contributed by atoms with Gasteiger partial charge in [0.05, 0.1) is 6.04 Å². The minimum absolute atomic E-state index is 0.0683. The minimum Gasteiger partial charge on any atom is -0.345 e. The van der Waals surface area contributed by atoms with E-state index in [0.717, 1.165) is 6.42 Å². The van der Waals surface area contributed by atoms with Gasteiger partial charge in [0.25, 0.3) is 0 Å². The zero-order valence-corrected chi connectivity index (χ0v) is 12.0. The van der Waals surface area contributed by atoms with Gasteiger partial charge in [-0.3, -0.25) is 4.79 Å². The third kappa shape index (κ3) is 1.90. The summed E-state index contributed by atoms with van der Waals surface area (Å²) < 4.78 is 0. The molecule has 1 fully saturated rings. The van der Waals surface area contributed by atoms with Gasteiger partial charge < -0.3 is 5.32 Å². The van der Waals surface area contributed by atoms with Gasteiger partial charge in [0.2, 0.25) is 5.91 Å². The summed E-state index contributed by atoms with van der Waals surface area (Å²) in [6.07, 6.45) is 1.45. The molecule has 1 amide bonds. The van der Waals surface area contributed by atoms with Crippen LogP contribution in [0.5, 0.6) is 0 Å². The highest BCUT2D eigenvalue weighted by Gasteiger charge is 2.35. The predicted molar refractivity (Wildman–Crippen MR) is 83.8 cm³/mol. The largest absolute Gasteiger partial charge is 0.345 e. The maximum Gasteiger partial charge on any atom is 0.221 e. The first-order valence-corrected chi connectivity index (χ1v) is 7.43. The molecule has 1 aliphatic heterocycles. The van der Waals surface area contributed by atoms with Crippen molar-refractivity contribution in [3.63, 3.8) is 0 Å². The van der Waals surface area contributed by atoms with E-state index in [2.05, 4.69) is 60.8 Å². The first-order chi connectivity index (χ1) is 10.2. The Morgan fingerprint density at radius 2 is 1.76 bits per heavy atom. The van der Waals surface area contributed by atoms with Crippen molar-refractivity contribution in [3.8, 4) is 0 Å². The van der Waals surface area contributed by atoms with E-state index >= 15 is 0 Å². The first kappa shape index (κ1) is 12.4. The van der Waals surface area contributed by atoms with Crippen molar-refractivity contribution < 1.29 is 4.79 Å². The minimum atomic E-state index is 0.0683. The van der Waals surface area contributed by atoms with Crippen LogP contribution in [0.3, 0.4) is 0 Å². The van der Waals surface area contributed by atoms with Crippen LogP contribution in [-0.2, 0) is 4.79 Å². The number of amides is 1. The number of fused-ring (bicyclic) bond motifs is 3. The Balaban J connectivity index is 1.92. The van der Waals surface area contributed by atoms with Gasteiger partial charge in [-0.1, -0.05) is 54.1 Å². The van der Waals surface area contributed by atoms with Crippen molar-refractivity contribution in [1.29, 1.82) is 0 Å². The van der Waals surface area contributed by atoms with Gasteiger partial charge in [-0.05, 0) is 41.2 Å². The van der Waals surface area contributed by atoms with Crippen LogP contribution in [-0.4, -0.2) is 5.91 Å². The molecule has 2 aromatic carbocycles.